The molecule has 0 aliphatic heterocycles. The van der Waals surface area contributed by atoms with E-state index in [4.69, 9.17) is 4.74 Å². The lowest BCUT2D eigenvalue weighted by Crippen LogP contribution is -2.24. The molecule has 1 heterocycles. The molecule has 1 N–H and O–H groups in total. The minimum atomic E-state index is -0.964. The number of amides is 1. The summed E-state index contributed by atoms with van der Waals surface area (Å²) in [6, 6.07) is 3.59. The van der Waals surface area contributed by atoms with E-state index in [0.717, 1.165) is 12.1 Å². The molecule has 6 nitrogen and oxygen atoms in total. The molecule has 1 aromatic carbocycles. The van der Waals surface area contributed by atoms with Gasteiger partial charge in [0.25, 0.3) is 5.91 Å². The largest absolute Gasteiger partial charge is 0.467 e. The molecule has 1 aromatic heterocycles. The normalized spacial score (nSPS) is 10.4. The van der Waals surface area contributed by atoms with E-state index in [2.05, 4.69) is 15.4 Å². The fourth-order valence-electron chi connectivity index (χ4n) is 1.56. The van der Waals surface area contributed by atoms with Crippen molar-refractivity contribution in [1.29, 1.82) is 0 Å². The van der Waals surface area contributed by atoms with Crippen molar-refractivity contribution < 1.29 is 18.3 Å². The number of methoxy groups -OCH3 is 1. The molecule has 0 aliphatic rings. The lowest BCUT2D eigenvalue weighted by atomic mass is 10.2. The van der Waals surface area contributed by atoms with E-state index in [1.54, 1.807) is 7.05 Å². The molecular formula is C12H12F2N4O2. The number of halogens is 2. The number of nitrogens with zero attached hydrogens (tertiary/aromatic N) is 3. The summed E-state index contributed by atoms with van der Waals surface area (Å²) in [4.78, 5) is 15.6. The second-order valence-corrected chi connectivity index (χ2v) is 3.98. The fraction of sp³-hybridized carbons (Fsp3) is 0.250. The highest BCUT2D eigenvalue weighted by Gasteiger charge is 2.15. The van der Waals surface area contributed by atoms with E-state index in [9.17, 15) is 13.6 Å². The standard InChI is InChI=1S/C12H12F2N4O2/c1-18-12(20-2)16-10(17-18)11(19)15-6-7-3-4-8(13)9(14)5-7/h3-5H,6H2,1-2H3,(H,15,19). The molecule has 0 unspecified atom stereocenters. The van der Waals surface area contributed by atoms with Crippen molar-refractivity contribution in [2.75, 3.05) is 7.11 Å². The Balaban J connectivity index is 2.02. The van der Waals surface area contributed by atoms with E-state index < -0.39 is 17.5 Å². The van der Waals surface area contributed by atoms with Gasteiger partial charge >= 0.3 is 6.01 Å². The average molecular weight is 282 g/mol. The van der Waals surface area contributed by atoms with Crippen LogP contribution >= 0.6 is 0 Å². The van der Waals surface area contributed by atoms with Crippen LogP contribution < -0.4 is 10.1 Å². The number of ether oxygens (including phenoxy) is 1. The zero-order valence-electron chi connectivity index (χ0n) is 10.9. The number of nitrogens with one attached hydrogen (secondary N) is 1. The van der Waals surface area contributed by atoms with Gasteiger partial charge in [-0.2, -0.15) is 4.98 Å². The van der Waals surface area contributed by atoms with Crippen LogP contribution in [0.1, 0.15) is 16.2 Å². The molecule has 0 saturated carbocycles. The van der Waals surface area contributed by atoms with E-state index in [1.165, 1.54) is 17.9 Å². The van der Waals surface area contributed by atoms with Crippen molar-refractivity contribution in [3.8, 4) is 6.01 Å². The summed E-state index contributed by atoms with van der Waals surface area (Å²) in [5.74, 6) is -2.49. The highest BCUT2D eigenvalue weighted by atomic mass is 19.2. The first-order valence-corrected chi connectivity index (χ1v) is 5.68. The molecule has 2 aromatic rings. The SMILES string of the molecule is COc1nc(C(=O)NCc2ccc(F)c(F)c2)nn1C. The summed E-state index contributed by atoms with van der Waals surface area (Å²) in [5.41, 5.74) is 0.431. The molecule has 0 fully saturated rings. The number of rotatable bonds is 4. The summed E-state index contributed by atoms with van der Waals surface area (Å²) in [5, 5.41) is 6.36. The molecule has 20 heavy (non-hydrogen) atoms. The number of benzene rings is 1. The topological polar surface area (TPSA) is 69.0 Å². The number of carbonyl (C=O) groups is 1. The molecule has 0 aliphatic carbocycles. The highest BCUT2D eigenvalue weighted by Crippen LogP contribution is 2.09. The number of aryl methyl sites for hydroxylation is 1. The van der Waals surface area contributed by atoms with Gasteiger partial charge < -0.3 is 10.1 Å². The number of carbonyl (C=O) groups excluding carboxylic acids is 1. The molecule has 0 bridgehead atoms. The Morgan fingerprint density at radius 2 is 2.15 bits per heavy atom. The minimum absolute atomic E-state index is 0.0383. The smallest absolute Gasteiger partial charge is 0.314 e. The Morgan fingerprint density at radius 1 is 1.40 bits per heavy atom. The van der Waals surface area contributed by atoms with Crippen LogP contribution in [0.4, 0.5) is 8.78 Å². The van der Waals surface area contributed by atoms with Gasteiger partial charge in [-0.05, 0) is 17.7 Å². The summed E-state index contributed by atoms with van der Waals surface area (Å²) in [7, 11) is 2.99. The van der Waals surface area contributed by atoms with Crippen molar-refractivity contribution in [3.05, 3.63) is 41.2 Å². The van der Waals surface area contributed by atoms with Crippen LogP contribution in [0.3, 0.4) is 0 Å². The van der Waals surface area contributed by atoms with Gasteiger partial charge in [-0.15, -0.1) is 5.10 Å². The summed E-state index contributed by atoms with van der Waals surface area (Å²) in [6.45, 7) is 0.0383. The Labute approximate surface area is 113 Å². The van der Waals surface area contributed by atoms with Gasteiger partial charge in [-0.25, -0.2) is 13.5 Å². The predicted molar refractivity (Wildman–Crippen MR) is 65.1 cm³/mol. The van der Waals surface area contributed by atoms with Crippen molar-refractivity contribution in [2.45, 2.75) is 6.54 Å². The molecule has 0 saturated heterocycles. The highest BCUT2D eigenvalue weighted by molar-refractivity contribution is 5.90. The number of hydrogen-bond donors (Lipinski definition) is 1. The maximum absolute atomic E-state index is 13.0. The summed E-state index contributed by atoms with van der Waals surface area (Å²) >= 11 is 0. The molecule has 8 heteroatoms. The van der Waals surface area contributed by atoms with Crippen molar-refractivity contribution in [3.63, 3.8) is 0 Å². The van der Waals surface area contributed by atoms with Gasteiger partial charge in [0.2, 0.25) is 5.82 Å². The van der Waals surface area contributed by atoms with Crippen LogP contribution in [0, 0.1) is 11.6 Å². The van der Waals surface area contributed by atoms with Crippen molar-refractivity contribution >= 4 is 5.91 Å². The quantitative estimate of drug-likeness (QED) is 0.909. The van der Waals surface area contributed by atoms with Crippen molar-refractivity contribution in [1.82, 2.24) is 20.1 Å². The Kier molecular flexibility index (Phi) is 3.92. The van der Waals surface area contributed by atoms with Gasteiger partial charge in [0.05, 0.1) is 7.11 Å². The number of hydrogen-bond acceptors (Lipinski definition) is 4. The van der Waals surface area contributed by atoms with E-state index in [1.807, 2.05) is 0 Å². The molecule has 2 rings (SSSR count). The van der Waals surface area contributed by atoms with Crippen LogP contribution in [0.5, 0.6) is 6.01 Å². The first-order valence-electron chi connectivity index (χ1n) is 5.68. The summed E-state index contributed by atoms with van der Waals surface area (Å²) in [6.07, 6.45) is 0. The fourth-order valence-corrected chi connectivity index (χ4v) is 1.56. The molecule has 0 spiro atoms. The lowest BCUT2D eigenvalue weighted by Gasteiger charge is -2.03. The van der Waals surface area contributed by atoms with E-state index in [-0.39, 0.29) is 18.4 Å². The van der Waals surface area contributed by atoms with E-state index in [0.29, 0.717) is 5.56 Å². The second kappa shape index (κ2) is 5.64. The van der Waals surface area contributed by atoms with Crippen molar-refractivity contribution in [2.24, 2.45) is 7.05 Å². The third-order valence-corrected chi connectivity index (χ3v) is 2.55. The molecule has 0 atom stereocenters. The van der Waals surface area contributed by atoms with Gasteiger partial charge in [-0.3, -0.25) is 4.79 Å². The molecule has 1 amide bonds. The lowest BCUT2D eigenvalue weighted by molar-refractivity contribution is 0.0940. The van der Waals surface area contributed by atoms with Crippen LogP contribution in [0.2, 0.25) is 0 Å². The van der Waals surface area contributed by atoms with Crippen LogP contribution in [0.15, 0.2) is 18.2 Å². The molecule has 0 radical (unpaired) electrons. The number of aromatic nitrogens is 3. The third-order valence-electron chi connectivity index (χ3n) is 2.55. The average Bonchev–Trinajstić information content (AvgIpc) is 2.81. The zero-order chi connectivity index (χ0) is 14.7. The molecular weight excluding hydrogens is 270 g/mol. The monoisotopic (exact) mass is 282 g/mol. The third kappa shape index (κ3) is 2.90. The maximum atomic E-state index is 13.0. The zero-order valence-corrected chi connectivity index (χ0v) is 10.9. The molecule has 106 valence electrons. The first-order chi connectivity index (χ1) is 9.51. The second-order valence-electron chi connectivity index (χ2n) is 3.98. The van der Waals surface area contributed by atoms with Gasteiger partial charge in [-0.1, -0.05) is 6.07 Å². The minimum Gasteiger partial charge on any atom is -0.467 e. The predicted octanol–water partition coefficient (Wildman–Crippen LogP) is 1.03. The van der Waals surface area contributed by atoms with Crippen LogP contribution in [-0.2, 0) is 13.6 Å². The Hall–Kier alpha value is -2.51. The van der Waals surface area contributed by atoms with Gasteiger partial charge in [0, 0.05) is 13.6 Å². The van der Waals surface area contributed by atoms with Crippen LogP contribution in [0.25, 0.3) is 0 Å². The van der Waals surface area contributed by atoms with Gasteiger partial charge in [0.15, 0.2) is 11.6 Å². The first kappa shape index (κ1) is 13.9. The maximum Gasteiger partial charge on any atom is 0.314 e. The Bertz CT molecular complexity index is 642. The van der Waals surface area contributed by atoms with Gasteiger partial charge in [0.1, 0.15) is 0 Å². The van der Waals surface area contributed by atoms with Crippen LogP contribution in [-0.4, -0.2) is 27.8 Å². The Morgan fingerprint density at radius 3 is 2.75 bits per heavy atom. The van der Waals surface area contributed by atoms with E-state index >= 15 is 0 Å². The summed E-state index contributed by atoms with van der Waals surface area (Å²) < 4.78 is 31.9.